The molecular formula is C15H14N4O2S. The Labute approximate surface area is 131 Å². The predicted molar refractivity (Wildman–Crippen MR) is 86.7 cm³/mol. The van der Waals surface area contributed by atoms with Crippen molar-refractivity contribution < 1.29 is 9.21 Å². The van der Waals surface area contributed by atoms with Crippen molar-refractivity contribution in [2.75, 3.05) is 16.8 Å². The number of hydrogen-bond donors (Lipinski definition) is 1. The quantitative estimate of drug-likeness (QED) is 0.779. The molecule has 6 nitrogen and oxygen atoms in total. The zero-order chi connectivity index (χ0) is 15.4. The number of thioether (sulfide) groups is 1. The Morgan fingerprint density at radius 2 is 2.23 bits per heavy atom. The maximum absolute atomic E-state index is 11.8. The van der Waals surface area contributed by atoms with Gasteiger partial charge in [0.15, 0.2) is 11.2 Å². The molecule has 0 saturated carbocycles. The van der Waals surface area contributed by atoms with Crippen LogP contribution in [0.25, 0.3) is 22.8 Å². The minimum atomic E-state index is -0.0387. The van der Waals surface area contributed by atoms with Gasteiger partial charge in [-0.05, 0) is 30.0 Å². The van der Waals surface area contributed by atoms with Crippen LogP contribution in [0, 0.1) is 0 Å². The molecule has 1 N–H and O–H groups in total. The minimum Gasteiger partial charge on any atom is -0.433 e. The molecule has 3 aromatic rings. The van der Waals surface area contributed by atoms with Crippen LogP contribution < -0.4 is 5.32 Å². The summed E-state index contributed by atoms with van der Waals surface area (Å²) in [4.78, 5) is 24.4. The second-order valence-corrected chi connectivity index (χ2v) is 5.73. The van der Waals surface area contributed by atoms with Crippen molar-refractivity contribution in [3.05, 3.63) is 36.7 Å². The number of nitrogens with one attached hydrogen (secondary N) is 1. The summed E-state index contributed by atoms with van der Waals surface area (Å²) < 4.78 is 5.63. The first-order valence-electron chi connectivity index (χ1n) is 6.82. The number of amides is 1. The van der Waals surface area contributed by atoms with Crippen molar-refractivity contribution >= 4 is 34.6 Å². The largest absolute Gasteiger partial charge is 0.433 e. The van der Waals surface area contributed by atoms with Gasteiger partial charge in [-0.15, -0.1) is 0 Å². The monoisotopic (exact) mass is 314 g/mol. The van der Waals surface area contributed by atoms with Gasteiger partial charge >= 0.3 is 0 Å². The van der Waals surface area contributed by atoms with Crippen LogP contribution >= 0.6 is 11.8 Å². The van der Waals surface area contributed by atoms with Gasteiger partial charge in [-0.25, -0.2) is 4.98 Å². The van der Waals surface area contributed by atoms with E-state index in [1.54, 1.807) is 48.4 Å². The molecule has 0 unspecified atom stereocenters. The lowest BCUT2D eigenvalue weighted by Crippen LogP contribution is -2.14. The molecule has 0 spiro atoms. The zero-order valence-electron chi connectivity index (χ0n) is 11.9. The van der Waals surface area contributed by atoms with E-state index in [1.807, 2.05) is 6.92 Å². The van der Waals surface area contributed by atoms with Crippen molar-refractivity contribution in [1.82, 2.24) is 15.0 Å². The number of aromatic nitrogens is 3. The fraction of sp³-hybridized carbons (Fsp3) is 0.200. The molecule has 1 amide bonds. The van der Waals surface area contributed by atoms with Crippen molar-refractivity contribution in [2.45, 2.75) is 6.92 Å². The van der Waals surface area contributed by atoms with Gasteiger partial charge in [-0.2, -0.15) is 16.7 Å². The second-order valence-electron chi connectivity index (χ2n) is 4.46. The zero-order valence-corrected chi connectivity index (χ0v) is 12.8. The maximum Gasteiger partial charge on any atom is 0.247 e. The van der Waals surface area contributed by atoms with Gasteiger partial charge in [0.1, 0.15) is 5.69 Å². The number of fused-ring (bicyclic) bond motifs is 1. The molecule has 3 rings (SSSR count). The van der Waals surface area contributed by atoms with E-state index in [2.05, 4.69) is 20.3 Å². The van der Waals surface area contributed by atoms with Crippen LogP contribution in [0.4, 0.5) is 5.69 Å². The molecule has 3 heterocycles. The van der Waals surface area contributed by atoms with E-state index in [0.717, 1.165) is 5.75 Å². The lowest BCUT2D eigenvalue weighted by molar-refractivity contribution is -0.113. The van der Waals surface area contributed by atoms with Crippen molar-refractivity contribution in [2.24, 2.45) is 0 Å². The Kier molecular flexibility index (Phi) is 4.34. The molecule has 0 atom stereocenters. The third-order valence-corrected chi connectivity index (χ3v) is 3.74. The maximum atomic E-state index is 11.8. The minimum absolute atomic E-state index is 0.0387. The molecule has 0 aliphatic carbocycles. The van der Waals surface area contributed by atoms with E-state index in [0.29, 0.717) is 34.3 Å². The van der Waals surface area contributed by atoms with E-state index in [-0.39, 0.29) is 5.91 Å². The molecule has 0 aliphatic heterocycles. The van der Waals surface area contributed by atoms with Crippen LogP contribution in [0.2, 0.25) is 0 Å². The molecule has 0 saturated heterocycles. The van der Waals surface area contributed by atoms with E-state index in [1.165, 1.54) is 0 Å². The van der Waals surface area contributed by atoms with E-state index >= 15 is 0 Å². The normalized spacial score (nSPS) is 10.8. The molecule has 0 fully saturated rings. The number of hydrogen-bond acceptors (Lipinski definition) is 6. The first-order chi connectivity index (χ1) is 10.8. The summed E-state index contributed by atoms with van der Waals surface area (Å²) in [7, 11) is 0. The fourth-order valence-electron chi connectivity index (χ4n) is 1.90. The van der Waals surface area contributed by atoms with Crippen molar-refractivity contribution in [1.29, 1.82) is 0 Å². The molecule has 0 aromatic carbocycles. The summed E-state index contributed by atoms with van der Waals surface area (Å²) in [6.45, 7) is 2.02. The Balaban J connectivity index is 1.82. The number of carbonyl (C=O) groups is 1. The topological polar surface area (TPSA) is 80.9 Å². The number of rotatable bonds is 5. The van der Waals surface area contributed by atoms with Gasteiger partial charge in [0.25, 0.3) is 0 Å². The van der Waals surface area contributed by atoms with Gasteiger partial charge in [0.2, 0.25) is 11.8 Å². The first kappa shape index (κ1) is 14.5. The van der Waals surface area contributed by atoms with E-state index in [4.69, 9.17) is 4.42 Å². The van der Waals surface area contributed by atoms with Crippen LogP contribution in [-0.4, -0.2) is 32.4 Å². The van der Waals surface area contributed by atoms with Crippen LogP contribution in [-0.2, 0) is 4.79 Å². The molecule has 0 aliphatic rings. The Morgan fingerprint density at radius 1 is 1.32 bits per heavy atom. The second kappa shape index (κ2) is 6.57. The third-order valence-electron chi connectivity index (χ3n) is 2.87. The predicted octanol–water partition coefficient (Wildman–Crippen LogP) is 2.98. The summed E-state index contributed by atoms with van der Waals surface area (Å²) in [5, 5.41) is 2.84. The van der Waals surface area contributed by atoms with Crippen LogP contribution in [0.15, 0.2) is 41.1 Å². The molecule has 3 aromatic heterocycles. The average molecular weight is 314 g/mol. The van der Waals surface area contributed by atoms with Crippen LogP contribution in [0.5, 0.6) is 0 Å². The lowest BCUT2D eigenvalue weighted by atomic mass is 10.3. The molecule has 0 bridgehead atoms. The lowest BCUT2D eigenvalue weighted by Gasteiger charge is -2.05. The molecule has 7 heteroatoms. The number of anilines is 1. The Morgan fingerprint density at radius 3 is 3.05 bits per heavy atom. The van der Waals surface area contributed by atoms with Gasteiger partial charge in [0, 0.05) is 18.1 Å². The number of carbonyl (C=O) groups excluding carboxylic acids is 1. The highest BCUT2D eigenvalue weighted by atomic mass is 32.2. The molecule has 22 heavy (non-hydrogen) atoms. The molecule has 112 valence electrons. The Bertz CT molecular complexity index is 770. The summed E-state index contributed by atoms with van der Waals surface area (Å²) in [5.41, 5.74) is 2.36. The van der Waals surface area contributed by atoms with Gasteiger partial charge in [-0.1, -0.05) is 6.92 Å². The first-order valence-corrected chi connectivity index (χ1v) is 7.97. The summed E-state index contributed by atoms with van der Waals surface area (Å²) in [6, 6.07) is 7.05. The number of pyridine rings is 2. The highest BCUT2D eigenvalue weighted by Crippen LogP contribution is 2.23. The summed E-state index contributed by atoms with van der Waals surface area (Å²) >= 11 is 1.57. The van der Waals surface area contributed by atoms with E-state index < -0.39 is 0 Å². The van der Waals surface area contributed by atoms with Gasteiger partial charge in [0.05, 0.1) is 5.75 Å². The third kappa shape index (κ3) is 3.25. The summed E-state index contributed by atoms with van der Waals surface area (Å²) in [6.07, 6.45) is 3.27. The summed E-state index contributed by atoms with van der Waals surface area (Å²) in [5.74, 6) is 1.68. The van der Waals surface area contributed by atoms with Gasteiger partial charge < -0.3 is 9.73 Å². The molecule has 0 radical (unpaired) electrons. The van der Waals surface area contributed by atoms with Crippen LogP contribution in [0.3, 0.4) is 0 Å². The standard InChI is InChI=1S/C15H14N4O2S/c1-2-22-9-13(20)18-10-5-7-16-11(8-10)15-19-14-12(21-15)4-3-6-17-14/h3-8H,2,9H2,1H3,(H,16,18,20). The smallest absolute Gasteiger partial charge is 0.247 e. The number of nitrogens with zero attached hydrogens (tertiary/aromatic N) is 3. The SMILES string of the molecule is CCSCC(=O)Nc1ccnc(-c2nc3ncccc3o2)c1. The van der Waals surface area contributed by atoms with Crippen molar-refractivity contribution in [3.63, 3.8) is 0 Å². The average Bonchev–Trinajstić information content (AvgIpc) is 2.97. The van der Waals surface area contributed by atoms with E-state index in [9.17, 15) is 4.79 Å². The van der Waals surface area contributed by atoms with Crippen molar-refractivity contribution in [3.8, 4) is 11.6 Å². The molecular weight excluding hydrogens is 300 g/mol. The highest BCUT2D eigenvalue weighted by molar-refractivity contribution is 7.99. The van der Waals surface area contributed by atoms with Crippen LogP contribution in [0.1, 0.15) is 6.92 Å². The van der Waals surface area contributed by atoms with Gasteiger partial charge in [-0.3, -0.25) is 9.78 Å². The Hall–Kier alpha value is -2.41. The highest BCUT2D eigenvalue weighted by Gasteiger charge is 2.11. The number of oxazole rings is 1. The fourth-order valence-corrected chi connectivity index (χ4v) is 2.36.